The minimum atomic E-state index is -3.42. The van der Waals surface area contributed by atoms with Crippen LogP contribution in [-0.2, 0) is 21.2 Å². The minimum absolute atomic E-state index is 0.0122. The van der Waals surface area contributed by atoms with Crippen molar-refractivity contribution in [3.8, 4) is 0 Å². The van der Waals surface area contributed by atoms with Crippen LogP contribution >= 0.6 is 0 Å². The number of fused-ring (bicyclic) bond motifs is 1. The van der Waals surface area contributed by atoms with Crippen LogP contribution in [0.25, 0.3) is 0 Å². The first-order valence-electron chi connectivity index (χ1n) is 9.67. The Morgan fingerprint density at radius 3 is 2.52 bits per heavy atom. The topological polar surface area (TPSA) is 139 Å². The summed E-state index contributed by atoms with van der Waals surface area (Å²) in [6, 6.07) is 11.1. The van der Waals surface area contributed by atoms with Gasteiger partial charge in [-0.3, -0.25) is 18.7 Å². The third-order valence-corrected chi connectivity index (χ3v) is 6.20. The molecule has 1 unspecified atom stereocenters. The predicted molar refractivity (Wildman–Crippen MR) is 117 cm³/mol. The molecule has 3 amide bonds. The zero-order valence-electron chi connectivity index (χ0n) is 17.2. The smallest absolute Gasteiger partial charge is 0.255 e. The molecule has 0 aliphatic carbocycles. The summed E-state index contributed by atoms with van der Waals surface area (Å²) in [5.41, 5.74) is 7.33. The lowest BCUT2D eigenvalue weighted by Crippen LogP contribution is -2.34. The lowest BCUT2D eigenvalue weighted by atomic mass is 10.1. The molecule has 0 saturated heterocycles. The number of benzene rings is 2. The second-order valence-corrected chi connectivity index (χ2v) is 9.29. The lowest BCUT2D eigenvalue weighted by Gasteiger charge is -2.21. The highest BCUT2D eigenvalue weighted by atomic mass is 32.2. The molecule has 0 spiro atoms. The fraction of sp³-hybridized carbons (Fsp3) is 0.286. The van der Waals surface area contributed by atoms with E-state index in [-0.39, 0.29) is 24.6 Å². The maximum Gasteiger partial charge on any atom is 0.255 e. The fourth-order valence-electron chi connectivity index (χ4n) is 3.63. The number of rotatable bonds is 7. The zero-order valence-corrected chi connectivity index (χ0v) is 18.0. The summed E-state index contributed by atoms with van der Waals surface area (Å²) in [4.78, 5) is 36.1. The number of anilines is 2. The quantitative estimate of drug-likeness (QED) is 0.590. The molecule has 1 heterocycles. The Morgan fingerprint density at radius 2 is 1.84 bits per heavy atom. The standard InChI is InChI=1S/C21H24N4O5S/c1-13-11-15-12-14(7-8-18(15)25(13)31(2,29)30)20(27)24-17-6-4-3-5-16(17)21(28)23-10-9-19(22)26/h3-8,12-13H,9-11H2,1-2H3,(H2,22,26)(H,23,28)(H,24,27). The van der Waals surface area contributed by atoms with E-state index in [9.17, 15) is 22.8 Å². The van der Waals surface area contributed by atoms with Gasteiger partial charge in [-0.25, -0.2) is 8.42 Å². The van der Waals surface area contributed by atoms with Crippen molar-refractivity contribution in [3.63, 3.8) is 0 Å². The summed E-state index contributed by atoms with van der Waals surface area (Å²) >= 11 is 0. The number of nitrogens with zero attached hydrogens (tertiary/aromatic N) is 1. The number of amides is 3. The number of primary amides is 1. The number of para-hydroxylation sites is 1. The van der Waals surface area contributed by atoms with Gasteiger partial charge < -0.3 is 16.4 Å². The molecule has 10 heteroatoms. The molecule has 31 heavy (non-hydrogen) atoms. The number of hydrogen-bond acceptors (Lipinski definition) is 5. The molecule has 1 aliphatic heterocycles. The first-order chi connectivity index (χ1) is 14.6. The van der Waals surface area contributed by atoms with E-state index in [0.717, 1.165) is 11.8 Å². The van der Waals surface area contributed by atoms with Crippen LogP contribution < -0.4 is 20.7 Å². The van der Waals surface area contributed by atoms with Crippen LogP contribution in [0.15, 0.2) is 42.5 Å². The van der Waals surface area contributed by atoms with E-state index in [2.05, 4.69) is 10.6 Å². The number of nitrogens with two attached hydrogens (primary N) is 1. The van der Waals surface area contributed by atoms with Crippen molar-refractivity contribution in [1.82, 2.24) is 5.32 Å². The highest BCUT2D eigenvalue weighted by Crippen LogP contribution is 2.34. The van der Waals surface area contributed by atoms with Gasteiger partial charge in [0.05, 0.1) is 23.2 Å². The van der Waals surface area contributed by atoms with Gasteiger partial charge in [-0.05, 0) is 49.2 Å². The first kappa shape index (κ1) is 22.3. The van der Waals surface area contributed by atoms with Crippen molar-refractivity contribution >= 4 is 39.1 Å². The number of sulfonamides is 1. The number of carbonyl (C=O) groups is 3. The summed E-state index contributed by atoms with van der Waals surface area (Å²) in [5, 5.41) is 5.32. The molecule has 0 radical (unpaired) electrons. The van der Waals surface area contributed by atoms with Gasteiger partial charge in [0.1, 0.15) is 0 Å². The Kier molecular flexibility index (Phi) is 6.30. The van der Waals surface area contributed by atoms with Crippen LogP contribution in [0.2, 0.25) is 0 Å². The van der Waals surface area contributed by atoms with Crippen molar-refractivity contribution < 1.29 is 22.8 Å². The Hall–Kier alpha value is -3.40. The maximum absolute atomic E-state index is 12.8. The monoisotopic (exact) mass is 444 g/mol. The van der Waals surface area contributed by atoms with Crippen LogP contribution in [0.4, 0.5) is 11.4 Å². The number of carbonyl (C=O) groups excluding carboxylic acids is 3. The second-order valence-electron chi connectivity index (χ2n) is 7.43. The largest absolute Gasteiger partial charge is 0.370 e. The third kappa shape index (κ3) is 5.02. The normalized spacial score (nSPS) is 15.3. The molecule has 1 aliphatic rings. The van der Waals surface area contributed by atoms with Crippen molar-refractivity contribution in [2.24, 2.45) is 5.73 Å². The Labute approximate surface area is 180 Å². The molecule has 2 aromatic carbocycles. The molecule has 0 fully saturated rings. The van der Waals surface area contributed by atoms with Crippen LogP contribution in [-0.4, -0.2) is 45.0 Å². The highest BCUT2D eigenvalue weighted by molar-refractivity contribution is 7.92. The van der Waals surface area contributed by atoms with Gasteiger partial charge in [0.25, 0.3) is 11.8 Å². The van der Waals surface area contributed by atoms with Gasteiger partial charge >= 0.3 is 0 Å². The SMILES string of the molecule is CC1Cc2cc(C(=O)Nc3ccccc3C(=O)NCCC(N)=O)ccc2N1S(C)(=O)=O. The molecule has 4 N–H and O–H groups in total. The molecule has 0 saturated carbocycles. The van der Waals surface area contributed by atoms with Gasteiger partial charge in [0, 0.05) is 24.6 Å². The summed E-state index contributed by atoms with van der Waals surface area (Å²) in [6.45, 7) is 1.91. The van der Waals surface area contributed by atoms with E-state index in [1.807, 2.05) is 6.92 Å². The molecular formula is C21H24N4O5S. The molecule has 164 valence electrons. The van der Waals surface area contributed by atoms with Gasteiger partial charge in [-0.15, -0.1) is 0 Å². The summed E-state index contributed by atoms with van der Waals surface area (Å²) < 4.78 is 25.5. The number of hydrogen-bond donors (Lipinski definition) is 3. The number of nitrogens with one attached hydrogen (secondary N) is 2. The van der Waals surface area contributed by atoms with Crippen LogP contribution in [0, 0.1) is 0 Å². The maximum atomic E-state index is 12.8. The molecule has 1 atom stereocenters. The van der Waals surface area contributed by atoms with Crippen molar-refractivity contribution in [3.05, 3.63) is 59.2 Å². The molecule has 2 aromatic rings. The van der Waals surface area contributed by atoms with E-state index in [1.165, 1.54) is 4.31 Å². The summed E-state index contributed by atoms with van der Waals surface area (Å²) in [7, 11) is -3.42. The Morgan fingerprint density at radius 1 is 1.13 bits per heavy atom. The van der Waals surface area contributed by atoms with E-state index < -0.39 is 27.7 Å². The van der Waals surface area contributed by atoms with E-state index in [1.54, 1.807) is 42.5 Å². The zero-order chi connectivity index (χ0) is 22.8. The molecule has 0 bridgehead atoms. The fourth-order valence-corrected chi connectivity index (χ4v) is 4.89. The average Bonchev–Trinajstić information content (AvgIpc) is 3.03. The highest BCUT2D eigenvalue weighted by Gasteiger charge is 2.32. The Balaban J connectivity index is 1.79. The molecule has 9 nitrogen and oxygen atoms in total. The molecule has 0 aromatic heterocycles. The minimum Gasteiger partial charge on any atom is -0.370 e. The van der Waals surface area contributed by atoms with E-state index in [4.69, 9.17) is 5.73 Å². The lowest BCUT2D eigenvalue weighted by molar-refractivity contribution is -0.117. The van der Waals surface area contributed by atoms with E-state index >= 15 is 0 Å². The summed E-state index contributed by atoms with van der Waals surface area (Å²) in [5.74, 6) is -1.39. The predicted octanol–water partition coefficient (Wildman–Crippen LogP) is 1.25. The molecular weight excluding hydrogens is 420 g/mol. The van der Waals surface area contributed by atoms with Gasteiger partial charge in [-0.1, -0.05) is 12.1 Å². The van der Waals surface area contributed by atoms with Crippen LogP contribution in [0.3, 0.4) is 0 Å². The van der Waals surface area contributed by atoms with Crippen LogP contribution in [0.1, 0.15) is 39.6 Å². The Bertz CT molecular complexity index is 1150. The molecule has 3 rings (SSSR count). The van der Waals surface area contributed by atoms with E-state index in [0.29, 0.717) is 23.4 Å². The second kappa shape index (κ2) is 8.76. The first-order valence-corrected chi connectivity index (χ1v) is 11.5. The van der Waals surface area contributed by atoms with Gasteiger partial charge in [0.15, 0.2) is 0 Å². The van der Waals surface area contributed by atoms with Gasteiger partial charge in [-0.2, -0.15) is 0 Å². The third-order valence-electron chi connectivity index (χ3n) is 4.93. The van der Waals surface area contributed by atoms with Crippen LogP contribution in [0.5, 0.6) is 0 Å². The van der Waals surface area contributed by atoms with Crippen molar-refractivity contribution in [2.45, 2.75) is 25.8 Å². The van der Waals surface area contributed by atoms with Crippen molar-refractivity contribution in [1.29, 1.82) is 0 Å². The average molecular weight is 445 g/mol. The van der Waals surface area contributed by atoms with Gasteiger partial charge in [0.2, 0.25) is 15.9 Å². The van der Waals surface area contributed by atoms with Crippen molar-refractivity contribution in [2.75, 3.05) is 22.4 Å². The summed E-state index contributed by atoms with van der Waals surface area (Å²) in [6.07, 6.45) is 1.67.